The highest BCUT2D eigenvalue weighted by atomic mass is 16.5. The van der Waals surface area contributed by atoms with E-state index in [0.29, 0.717) is 16.9 Å². The number of benzene rings is 2. The summed E-state index contributed by atoms with van der Waals surface area (Å²) in [5, 5.41) is 10.5. The van der Waals surface area contributed by atoms with Crippen molar-refractivity contribution in [2.75, 3.05) is 14.2 Å². The fourth-order valence-electron chi connectivity index (χ4n) is 1.80. The number of hydrogen-bond donors (Lipinski definition) is 1. The van der Waals surface area contributed by atoms with Crippen molar-refractivity contribution in [1.29, 1.82) is 0 Å². The lowest BCUT2D eigenvalue weighted by Gasteiger charge is -2.09. The fourth-order valence-corrected chi connectivity index (χ4v) is 1.80. The summed E-state index contributed by atoms with van der Waals surface area (Å²) >= 11 is 0. The molecule has 2 aromatic rings. The van der Waals surface area contributed by atoms with Crippen LogP contribution in [0.25, 0.3) is 10.8 Å². The van der Waals surface area contributed by atoms with Crippen molar-refractivity contribution in [3.63, 3.8) is 0 Å². The summed E-state index contributed by atoms with van der Waals surface area (Å²) in [6, 6.07) is 8.57. The molecule has 0 amide bonds. The summed E-state index contributed by atoms with van der Waals surface area (Å²) in [5.41, 5.74) is 0.207. The molecule has 17 heavy (non-hydrogen) atoms. The second-order valence-electron chi connectivity index (χ2n) is 3.54. The number of fused-ring (bicyclic) bond motifs is 1. The maximum absolute atomic E-state index is 11.2. The van der Waals surface area contributed by atoms with E-state index in [0.717, 1.165) is 5.39 Å². The SMILES string of the molecule is COc1cc(C(=O)O)c2cccc(OC)c2c1. The first-order chi connectivity index (χ1) is 8.17. The number of carboxylic acid groups (broad SMARTS) is 1. The maximum Gasteiger partial charge on any atom is 0.336 e. The van der Waals surface area contributed by atoms with Crippen molar-refractivity contribution >= 4 is 16.7 Å². The average Bonchev–Trinajstić information content (AvgIpc) is 2.36. The number of hydrogen-bond acceptors (Lipinski definition) is 3. The van der Waals surface area contributed by atoms with Crippen LogP contribution in [0.5, 0.6) is 11.5 Å². The van der Waals surface area contributed by atoms with Gasteiger partial charge >= 0.3 is 5.97 Å². The summed E-state index contributed by atoms with van der Waals surface area (Å²) in [7, 11) is 3.05. The average molecular weight is 232 g/mol. The molecule has 2 aromatic carbocycles. The molecule has 0 radical (unpaired) electrons. The van der Waals surface area contributed by atoms with Crippen LogP contribution < -0.4 is 9.47 Å². The third-order valence-corrected chi connectivity index (χ3v) is 2.62. The summed E-state index contributed by atoms with van der Waals surface area (Å²) in [6.07, 6.45) is 0. The summed E-state index contributed by atoms with van der Waals surface area (Å²) < 4.78 is 10.3. The number of aromatic carboxylic acids is 1. The minimum atomic E-state index is -0.984. The maximum atomic E-state index is 11.2. The van der Waals surface area contributed by atoms with Gasteiger partial charge in [0.1, 0.15) is 11.5 Å². The molecule has 0 spiro atoms. The number of carbonyl (C=O) groups is 1. The van der Waals surface area contributed by atoms with Crippen LogP contribution in [0.4, 0.5) is 0 Å². The predicted molar refractivity (Wildman–Crippen MR) is 64.0 cm³/mol. The van der Waals surface area contributed by atoms with Gasteiger partial charge in [0.2, 0.25) is 0 Å². The second kappa shape index (κ2) is 4.33. The molecule has 0 aliphatic carbocycles. The van der Waals surface area contributed by atoms with Crippen molar-refractivity contribution in [2.24, 2.45) is 0 Å². The topological polar surface area (TPSA) is 55.8 Å². The number of ether oxygens (including phenoxy) is 2. The van der Waals surface area contributed by atoms with Gasteiger partial charge in [-0.2, -0.15) is 0 Å². The Balaban J connectivity index is 2.85. The highest BCUT2D eigenvalue weighted by Crippen LogP contribution is 2.31. The van der Waals surface area contributed by atoms with Crippen LogP contribution in [0.15, 0.2) is 30.3 Å². The van der Waals surface area contributed by atoms with E-state index < -0.39 is 5.97 Å². The summed E-state index contributed by atoms with van der Waals surface area (Å²) in [6.45, 7) is 0. The van der Waals surface area contributed by atoms with Crippen molar-refractivity contribution in [1.82, 2.24) is 0 Å². The third kappa shape index (κ3) is 1.89. The van der Waals surface area contributed by atoms with Crippen molar-refractivity contribution in [3.05, 3.63) is 35.9 Å². The van der Waals surface area contributed by atoms with Gasteiger partial charge in [-0.25, -0.2) is 4.79 Å². The van der Waals surface area contributed by atoms with Gasteiger partial charge in [-0.1, -0.05) is 12.1 Å². The molecule has 0 aliphatic heterocycles. The Morgan fingerprint density at radius 1 is 1.12 bits per heavy atom. The highest BCUT2D eigenvalue weighted by molar-refractivity contribution is 6.06. The molecular weight excluding hydrogens is 220 g/mol. The van der Waals surface area contributed by atoms with E-state index in [1.165, 1.54) is 13.2 Å². The van der Waals surface area contributed by atoms with E-state index in [1.807, 2.05) is 0 Å². The van der Waals surface area contributed by atoms with E-state index in [2.05, 4.69) is 0 Å². The molecule has 1 N–H and O–H groups in total. The molecule has 4 nitrogen and oxygen atoms in total. The first-order valence-electron chi connectivity index (χ1n) is 5.05. The van der Waals surface area contributed by atoms with E-state index >= 15 is 0 Å². The molecule has 2 rings (SSSR count). The van der Waals surface area contributed by atoms with Gasteiger partial charge in [0.15, 0.2) is 0 Å². The van der Waals surface area contributed by atoms with Crippen molar-refractivity contribution in [2.45, 2.75) is 0 Å². The van der Waals surface area contributed by atoms with E-state index in [4.69, 9.17) is 9.47 Å². The van der Waals surface area contributed by atoms with E-state index in [-0.39, 0.29) is 5.56 Å². The normalized spacial score (nSPS) is 10.2. The zero-order chi connectivity index (χ0) is 12.4. The monoisotopic (exact) mass is 232 g/mol. The van der Waals surface area contributed by atoms with Gasteiger partial charge < -0.3 is 14.6 Å². The Bertz CT molecular complexity index is 575. The van der Waals surface area contributed by atoms with E-state index in [1.54, 1.807) is 31.4 Å². The molecule has 0 fully saturated rings. The van der Waals surface area contributed by atoms with Crippen LogP contribution in [0, 0.1) is 0 Å². The fraction of sp³-hybridized carbons (Fsp3) is 0.154. The van der Waals surface area contributed by atoms with Crippen molar-refractivity contribution in [3.8, 4) is 11.5 Å². The number of rotatable bonds is 3. The Morgan fingerprint density at radius 3 is 2.47 bits per heavy atom. The van der Waals surface area contributed by atoms with Crippen LogP contribution in [-0.2, 0) is 0 Å². The molecule has 0 heterocycles. The zero-order valence-electron chi connectivity index (χ0n) is 9.56. The smallest absolute Gasteiger partial charge is 0.336 e. The standard InChI is InChI=1S/C13H12O4/c1-16-8-6-10-9(11(7-8)13(14)15)4-3-5-12(10)17-2/h3-7H,1-2H3,(H,14,15). The molecular formula is C13H12O4. The third-order valence-electron chi connectivity index (χ3n) is 2.62. The quantitative estimate of drug-likeness (QED) is 0.883. The largest absolute Gasteiger partial charge is 0.497 e. The zero-order valence-corrected chi connectivity index (χ0v) is 9.56. The number of methoxy groups -OCH3 is 2. The van der Waals surface area contributed by atoms with Gasteiger partial charge in [-0.3, -0.25) is 0 Å². The lowest BCUT2D eigenvalue weighted by atomic mass is 10.0. The molecule has 88 valence electrons. The number of carboxylic acids is 1. The lowest BCUT2D eigenvalue weighted by Crippen LogP contribution is -1.99. The minimum Gasteiger partial charge on any atom is -0.497 e. The van der Waals surface area contributed by atoms with Crippen molar-refractivity contribution < 1.29 is 19.4 Å². The van der Waals surface area contributed by atoms with Crippen LogP contribution in [-0.4, -0.2) is 25.3 Å². The Kier molecular flexibility index (Phi) is 2.87. The Labute approximate surface area is 98.4 Å². The molecule has 0 aliphatic rings. The Hall–Kier alpha value is -2.23. The van der Waals surface area contributed by atoms with Gasteiger partial charge in [0.05, 0.1) is 19.8 Å². The van der Waals surface area contributed by atoms with Gasteiger partial charge in [-0.15, -0.1) is 0 Å². The predicted octanol–water partition coefficient (Wildman–Crippen LogP) is 2.56. The molecule has 0 atom stereocenters. The Morgan fingerprint density at radius 2 is 1.88 bits per heavy atom. The first kappa shape index (κ1) is 11.3. The lowest BCUT2D eigenvalue weighted by molar-refractivity contribution is 0.0698. The summed E-state index contributed by atoms with van der Waals surface area (Å²) in [5.74, 6) is 0.144. The summed E-state index contributed by atoms with van der Waals surface area (Å²) in [4.78, 5) is 11.2. The highest BCUT2D eigenvalue weighted by Gasteiger charge is 2.13. The van der Waals surface area contributed by atoms with Crippen LogP contribution in [0.1, 0.15) is 10.4 Å². The van der Waals surface area contributed by atoms with Crippen LogP contribution in [0.3, 0.4) is 0 Å². The van der Waals surface area contributed by atoms with Crippen LogP contribution in [0.2, 0.25) is 0 Å². The molecule has 0 bridgehead atoms. The molecule has 0 unspecified atom stereocenters. The van der Waals surface area contributed by atoms with Gasteiger partial charge in [0, 0.05) is 10.8 Å². The first-order valence-corrected chi connectivity index (χ1v) is 5.05. The second-order valence-corrected chi connectivity index (χ2v) is 3.54. The minimum absolute atomic E-state index is 0.207. The molecule has 0 aromatic heterocycles. The van der Waals surface area contributed by atoms with Gasteiger partial charge in [0.25, 0.3) is 0 Å². The van der Waals surface area contributed by atoms with Gasteiger partial charge in [-0.05, 0) is 18.2 Å². The molecule has 0 saturated heterocycles. The van der Waals surface area contributed by atoms with Crippen LogP contribution >= 0.6 is 0 Å². The van der Waals surface area contributed by atoms with E-state index in [9.17, 15) is 9.90 Å². The molecule has 0 saturated carbocycles. The molecule has 4 heteroatoms.